The molecule has 2 heterocycles. The molecule has 4 nitrogen and oxygen atoms in total. The number of nitrogens with zero attached hydrogens (tertiary/aromatic N) is 3. The highest BCUT2D eigenvalue weighted by atomic mass is 35.5. The van der Waals surface area contributed by atoms with E-state index in [4.69, 9.17) is 55.2 Å². The minimum absolute atomic E-state index is 0.0474. The summed E-state index contributed by atoms with van der Waals surface area (Å²) < 4.78 is 6.28. The molecule has 5 aromatic carbocycles. The highest BCUT2D eigenvalue weighted by Crippen LogP contribution is 2.43. The molecule has 0 atom stereocenters. The Bertz CT molecular complexity index is 2050. The maximum atomic E-state index is 6.36. The first-order valence-corrected chi connectivity index (χ1v) is 11.7. The van der Waals surface area contributed by atoms with E-state index >= 15 is 0 Å². The third-order valence-electron chi connectivity index (χ3n) is 6.90. The first-order valence-electron chi connectivity index (χ1n) is 11.4. The minimum Gasteiger partial charge on any atom is -0.456 e. The topological polar surface area (TPSA) is 51.8 Å². The third kappa shape index (κ3) is 3.13. The van der Waals surface area contributed by atoms with Gasteiger partial charge in [-0.3, -0.25) is 0 Å². The number of hydrogen-bond donors (Lipinski definition) is 0. The normalized spacial score (nSPS) is 11.9. The number of benzene rings is 5. The van der Waals surface area contributed by atoms with Crippen LogP contribution in [0.2, 0.25) is 5.28 Å². The Balaban J connectivity index is 1.54. The Morgan fingerprint density at radius 2 is 1.16 bits per heavy atom. The fourth-order valence-corrected chi connectivity index (χ4v) is 5.31. The quantitative estimate of drug-likeness (QED) is 0.278. The molecule has 0 aliphatic heterocycles. The van der Waals surface area contributed by atoms with Crippen LogP contribution >= 0.6 is 11.6 Å². The van der Waals surface area contributed by atoms with E-state index in [0.717, 1.165) is 37.9 Å². The number of hydrogen-bond acceptors (Lipinski definition) is 4. The summed E-state index contributed by atoms with van der Waals surface area (Å²) in [6, 6.07) is 18.2. The zero-order chi connectivity index (χ0) is 25.6. The van der Waals surface area contributed by atoms with Crippen molar-refractivity contribution < 1.29 is 4.42 Å². The average Bonchev–Trinajstić information content (AvgIpc) is 3.29. The Hall–Kier alpha value is -3.70. The van der Waals surface area contributed by atoms with Crippen molar-refractivity contribution in [3.63, 3.8) is 0 Å². The van der Waals surface area contributed by atoms with E-state index < -0.39 is 0 Å². The molecule has 10 radical (unpaired) electrons. The van der Waals surface area contributed by atoms with Crippen molar-refractivity contribution in [2.24, 2.45) is 0 Å². The molecule has 0 amide bonds. The van der Waals surface area contributed by atoms with E-state index in [1.165, 1.54) is 0 Å². The predicted octanol–water partition coefficient (Wildman–Crippen LogP) is 1.47. The minimum atomic E-state index is -0.0474. The lowest BCUT2D eigenvalue weighted by Crippen LogP contribution is -2.55. The number of fused-ring (bicyclic) bond motifs is 3. The van der Waals surface area contributed by atoms with Crippen LogP contribution in [-0.2, 0) is 0 Å². The predicted molar refractivity (Wildman–Crippen MR) is 156 cm³/mol. The van der Waals surface area contributed by atoms with Gasteiger partial charge in [-0.15, -0.1) is 16.4 Å². The molecule has 160 valence electrons. The van der Waals surface area contributed by atoms with Crippen LogP contribution in [0.15, 0.2) is 59.0 Å². The van der Waals surface area contributed by atoms with Gasteiger partial charge in [0.2, 0.25) is 5.28 Å². The van der Waals surface area contributed by atoms with Crippen molar-refractivity contribution in [1.82, 2.24) is 15.0 Å². The van der Waals surface area contributed by atoms with Gasteiger partial charge in [0.15, 0.2) is 11.6 Å². The smallest absolute Gasteiger partial charge is 0.226 e. The van der Waals surface area contributed by atoms with Gasteiger partial charge in [0, 0.05) is 21.9 Å². The van der Waals surface area contributed by atoms with Crippen LogP contribution in [0.1, 0.15) is 0 Å². The molecule has 0 N–H and O–H groups in total. The summed E-state index contributed by atoms with van der Waals surface area (Å²) in [5.74, 6) is 0.439. The lowest BCUT2D eigenvalue weighted by Gasteiger charge is -2.20. The van der Waals surface area contributed by atoms with Crippen molar-refractivity contribution in [2.45, 2.75) is 0 Å². The number of furan rings is 1. The van der Waals surface area contributed by atoms with E-state index in [9.17, 15) is 0 Å². The molecule has 0 aliphatic carbocycles. The van der Waals surface area contributed by atoms with Gasteiger partial charge in [-0.05, 0) is 51.3 Å². The van der Waals surface area contributed by atoms with E-state index in [2.05, 4.69) is 33.2 Å². The average molecular weight is 481 g/mol. The first kappa shape index (κ1) is 22.5. The molecule has 0 bridgehead atoms. The van der Waals surface area contributed by atoms with Gasteiger partial charge in [0.1, 0.15) is 50.4 Å². The zero-order valence-electron chi connectivity index (χ0n) is 19.2. The first-order chi connectivity index (χ1) is 17.8. The van der Waals surface area contributed by atoms with E-state index in [0.29, 0.717) is 17.0 Å². The van der Waals surface area contributed by atoms with Crippen molar-refractivity contribution in [3.05, 3.63) is 59.9 Å². The van der Waals surface area contributed by atoms with Crippen LogP contribution in [0.5, 0.6) is 0 Å². The Morgan fingerprint density at radius 1 is 0.568 bits per heavy atom. The van der Waals surface area contributed by atoms with Crippen LogP contribution < -0.4 is 27.3 Å². The molecule has 7 aromatic rings. The molecular formula is C27H9B5ClN3O. The number of halogens is 1. The summed E-state index contributed by atoms with van der Waals surface area (Å²) in [6.07, 6.45) is 0. The Kier molecular flexibility index (Phi) is 4.80. The molecule has 0 unspecified atom stereocenters. The van der Waals surface area contributed by atoms with Crippen LogP contribution in [-0.4, -0.2) is 54.2 Å². The molecule has 2 aromatic heterocycles. The summed E-state index contributed by atoms with van der Waals surface area (Å²) in [7, 11) is 30.6. The lowest BCUT2D eigenvalue weighted by molar-refractivity contribution is 0.669. The molecule has 10 heteroatoms. The fourth-order valence-electron chi connectivity index (χ4n) is 5.15. The molecular weight excluding hydrogens is 472 g/mol. The Morgan fingerprint density at radius 3 is 1.89 bits per heavy atom. The van der Waals surface area contributed by atoms with Gasteiger partial charge in [-0.1, -0.05) is 47.3 Å². The molecule has 0 saturated carbocycles. The van der Waals surface area contributed by atoms with Gasteiger partial charge in [-0.25, -0.2) is 4.98 Å². The number of aromatic nitrogens is 3. The van der Waals surface area contributed by atoms with Gasteiger partial charge in [0.05, 0.1) is 0 Å². The summed E-state index contributed by atoms with van der Waals surface area (Å²) >= 11 is 6.36. The molecule has 0 aliphatic rings. The third-order valence-corrected chi connectivity index (χ3v) is 7.06. The summed E-state index contributed by atoms with van der Waals surface area (Å²) in [5.41, 5.74) is 2.97. The highest BCUT2D eigenvalue weighted by molar-refractivity contribution is 6.68. The SMILES string of the molecule is [B]c1c([B])c([B])c(-c2nc(Cl)nc(-c3cc4oc5cccc6c7ccccc7c(c3)c4c56)n2)c([B])c1[B]. The lowest BCUT2D eigenvalue weighted by atomic mass is 9.60. The maximum absolute atomic E-state index is 6.36. The zero-order valence-corrected chi connectivity index (χ0v) is 20.0. The largest absolute Gasteiger partial charge is 0.456 e. The van der Waals surface area contributed by atoms with Crippen molar-refractivity contribution in [2.75, 3.05) is 0 Å². The number of rotatable bonds is 2. The molecule has 0 spiro atoms. The van der Waals surface area contributed by atoms with Crippen molar-refractivity contribution in [1.29, 1.82) is 0 Å². The second-order valence-corrected chi connectivity index (χ2v) is 9.26. The van der Waals surface area contributed by atoms with Gasteiger partial charge >= 0.3 is 0 Å². The van der Waals surface area contributed by atoms with Gasteiger partial charge in [-0.2, -0.15) is 9.97 Å². The van der Waals surface area contributed by atoms with Gasteiger partial charge < -0.3 is 4.42 Å². The highest BCUT2D eigenvalue weighted by Gasteiger charge is 2.21. The van der Waals surface area contributed by atoms with Crippen molar-refractivity contribution in [3.8, 4) is 22.8 Å². The second-order valence-electron chi connectivity index (χ2n) is 8.92. The van der Waals surface area contributed by atoms with E-state index in [1.54, 1.807) is 0 Å². The second kappa shape index (κ2) is 7.90. The van der Waals surface area contributed by atoms with Crippen LogP contribution in [0.4, 0.5) is 0 Å². The Labute approximate surface area is 223 Å². The monoisotopic (exact) mass is 481 g/mol. The molecule has 37 heavy (non-hydrogen) atoms. The maximum Gasteiger partial charge on any atom is 0.226 e. The van der Waals surface area contributed by atoms with Crippen LogP contribution in [0.3, 0.4) is 0 Å². The fraction of sp³-hybridized carbons (Fsp3) is 0. The van der Waals surface area contributed by atoms with Crippen LogP contribution in [0.25, 0.3) is 66.3 Å². The summed E-state index contributed by atoms with van der Waals surface area (Å²) in [5, 5.41) is 6.45. The molecule has 7 rings (SSSR count). The van der Waals surface area contributed by atoms with E-state index in [-0.39, 0.29) is 44.0 Å². The van der Waals surface area contributed by atoms with Crippen LogP contribution in [0, 0.1) is 0 Å². The van der Waals surface area contributed by atoms with Crippen molar-refractivity contribution >= 4 is 122 Å². The molecule has 0 saturated heterocycles. The summed E-state index contributed by atoms with van der Waals surface area (Å²) in [4.78, 5) is 13.3. The summed E-state index contributed by atoms with van der Waals surface area (Å²) in [6.45, 7) is 0. The van der Waals surface area contributed by atoms with Gasteiger partial charge in [0.25, 0.3) is 0 Å². The van der Waals surface area contributed by atoms with E-state index in [1.807, 2.05) is 36.4 Å². The molecule has 0 fully saturated rings. The standard InChI is InChI=1S/C27H9B5ClN3O/c28-20-19(21(29)23(31)24(32)22(20)30)26-34-25(35-27(33)36-26)10-8-14-12-5-2-1-4-11(12)13-6-3-7-15-17(13)18(14)16(9-10)37-15/h1-9H.